The van der Waals surface area contributed by atoms with Gasteiger partial charge in [-0.3, -0.25) is 4.99 Å². The van der Waals surface area contributed by atoms with Gasteiger partial charge in [0.15, 0.2) is 11.7 Å². The molecule has 1 aliphatic heterocycles. The highest BCUT2D eigenvalue weighted by molar-refractivity contribution is 8.03. The normalized spacial score (nSPS) is 14.0. The van der Waals surface area contributed by atoms with Crippen LogP contribution < -0.4 is 20.9 Å². The van der Waals surface area contributed by atoms with Gasteiger partial charge in [-0.15, -0.1) is 0 Å². The van der Waals surface area contributed by atoms with E-state index >= 15 is 0 Å². The standard InChI is InChI=1S/C24H27N6S/c1-17-15-18(16-23-29(2)20-11-6-7-12-21(20)31-23)28-22(13-8-14-27-24(25)26)30(17)19-9-4-3-5-10-19/h3-7,9-12,15-16H,8,13-14H2,1-2H3,(H4,25,26,27)/q+1. The fraction of sp³-hybridized carbons (Fsp3) is 0.208. The van der Waals surface area contributed by atoms with Gasteiger partial charge >= 0.3 is 5.82 Å². The number of para-hydroxylation sites is 2. The second-order valence-electron chi connectivity index (χ2n) is 7.43. The van der Waals surface area contributed by atoms with E-state index < -0.39 is 0 Å². The van der Waals surface area contributed by atoms with Crippen LogP contribution in [0.25, 0.3) is 11.8 Å². The van der Waals surface area contributed by atoms with Crippen LogP contribution in [0.3, 0.4) is 0 Å². The molecule has 31 heavy (non-hydrogen) atoms. The first-order chi connectivity index (χ1) is 15.0. The lowest BCUT2D eigenvalue weighted by molar-refractivity contribution is -0.615. The molecule has 2 heterocycles. The number of thioether (sulfide) groups is 1. The largest absolute Gasteiger partial charge is 0.370 e. The van der Waals surface area contributed by atoms with Crippen molar-refractivity contribution in [3.63, 3.8) is 0 Å². The van der Waals surface area contributed by atoms with Crippen LogP contribution in [-0.4, -0.2) is 24.5 Å². The Morgan fingerprint density at radius 1 is 1.13 bits per heavy atom. The van der Waals surface area contributed by atoms with Crippen LogP contribution in [0.4, 0.5) is 5.69 Å². The van der Waals surface area contributed by atoms with Crippen LogP contribution in [0.5, 0.6) is 0 Å². The van der Waals surface area contributed by atoms with Gasteiger partial charge in [0.05, 0.1) is 17.1 Å². The first kappa shape index (κ1) is 20.9. The molecule has 158 valence electrons. The molecule has 3 aromatic rings. The van der Waals surface area contributed by atoms with E-state index in [4.69, 9.17) is 16.5 Å². The van der Waals surface area contributed by atoms with Gasteiger partial charge < -0.3 is 16.4 Å². The minimum Gasteiger partial charge on any atom is -0.370 e. The molecule has 7 heteroatoms. The number of aromatic nitrogens is 2. The second-order valence-corrected chi connectivity index (χ2v) is 8.49. The third-order valence-corrected chi connectivity index (χ3v) is 6.30. The van der Waals surface area contributed by atoms with Crippen molar-refractivity contribution in [3.05, 3.63) is 82.9 Å². The van der Waals surface area contributed by atoms with E-state index in [-0.39, 0.29) is 5.96 Å². The first-order valence-electron chi connectivity index (χ1n) is 10.3. The molecular formula is C24H27N6S+. The van der Waals surface area contributed by atoms with Gasteiger partial charge in [0.1, 0.15) is 11.4 Å². The number of nitrogens with zero attached hydrogens (tertiary/aromatic N) is 4. The summed E-state index contributed by atoms with van der Waals surface area (Å²) in [6.45, 7) is 2.70. The number of fused-ring (bicyclic) bond motifs is 1. The molecule has 0 saturated heterocycles. The molecule has 6 nitrogen and oxygen atoms in total. The molecule has 0 saturated carbocycles. The van der Waals surface area contributed by atoms with Crippen LogP contribution in [0.2, 0.25) is 0 Å². The van der Waals surface area contributed by atoms with Crippen molar-refractivity contribution in [1.29, 1.82) is 0 Å². The quantitative estimate of drug-likeness (QED) is 0.270. The molecule has 0 unspecified atom stereocenters. The van der Waals surface area contributed by atoms with Crippen molar-refractivity contribution in [2.75, 3.05) is 18.5 Å². The number of aryl methyl sites for hydroxylation is 2. The van der Waals surface area contributed by atoms with E-state index in [1.165, 1.54) is 10.6 Å². The predicted molar refractivity (Wildman–Crippen MR) is 128 cm³/mol. The number of nitrogens with two attached hydrogens (primary N) is 2. The predicted octanol–water partition coefficient (Wildman–Crippen LogP) is 3.41. The number of guanidine groups is 1. The Morgan fingerprint density at radius 2 is 1.87 bits per heavy atom. The molecule has 0 radical (unpaired) electrons. The van der Waals surface area contributed by atoms with Crippen molar-refractivity contribution in [2.45, 2.75) is 24.7 Å². The zero-order valence-corrected chi connectivity index (χ0v) is 18.6. The fourth-order valence-corrected chi connectivity index (χ4v) is 4.80. The zero-order chi connectivity index (χ0) is 21.8. The van der Waals surface area contributed by atoms with Gasteiger partial charge in [0.25, 0.3) is 0 Å². The van der Waals surface area contributed by atoms with Gasteiger partial charge in [-0.05, 0) is 42.6 Å². The molecule has 4 N–H and O–H groups in total. The minimum atomic E-state index is 0.124. The van der Waals surface area contributed by atoms with E-state index in [1.54, 1.807) is 11.8 Å². The van der Waals surface area contributed by atoms with Crippen LogP contribution >= 0.6 is 11.8 Å². The minimum absolute atomic E-state index is 0.124. The highest BCUT2D eigenvalue weighted by atomic mass is 32.2. The van der Waals surface area contributed by atoms with E-state index in [0.717, 1.165) is 40.8 Å². The fourth-order valence-electron chi connectivity index (χ4n) is 3.70. The van der Waals surface area contributed by atoms with Crippen molar-refractivity contribution in [3.8, 4) is 5.69 Å². The summed E-state index contributed by atoms with van der Waals surface area (Å²) >= 11 is 1.77. The summed E-state index contributed by atoms with van der Waals surface area (Å²) in [5.74, 6) is 1.12. The van der Waals surface area contributed by atoms with Gasteiger partial charge in [0.2, 0.25) is 0 Å². The van der Waals surface area contributed by atoms with Crippen molar-refractivity contribution in [2.24, 2.45) is 16.5 Å². The summed E-state index contributed by atoms with van der Waals surface area (Å²) in [4.78, 5) is 12.6. The number of benzene rings is 2. The number of anilines is 1. The number of hydrogen-bond donors (Lipinski definition) is 2. The van der Waals surface area contributed by atoms with Crippen LogP contribution in [0.15, 0.2) is 75.6 Å². The lowest BCUT2D eigenvalue weighted by Gasteiger charge is -2.13. The molecule has 4 rings (SSSR count). The van der Waals surface area contributed by atoms with Crippen molar-refractivity contribution < 1.29 is 4.57 Å². The SMILES string of the molecule is Cc1cc(/C=C2\Sc3ccccc3N2C)nc(CCCN=C(N)N)[n+]1-c1ccccc1. The molecular weight excluding hydrogens is 404 g/mol. The Morgan fingerprint density at radius 3 is 2.61 bits per heavy atom. The molecule has 0 atom stereocenters. The Bertz CT molecular complexity index is 1140. The highest BCUT2D eigenvalue weighted by Crippen LogP contribution is 2.45. The maximum atomic E-state index is 5.47. The van der Waals surface area contributed by atoms with Gasteiger partial charge in [-0.1, -0.05) is 42.1 Å². The summed E-state index contributed by atoms with van der Waals surface area (Å²) in [6, 6.07) is 20.9. The molecule has 0 fully saturated rings. The third kappa shape index (κ3) is 4.72. The monoisotopic (exact) mass is 431 g/mol. The maximum absolute atomic E-state index is 5.47. The zero-order valence-electron chi connectivity index (χ0n) is 17.8. The summed E-state index contributed by atoms with van der Waals surface area (Å²) in [6.07, 6.45) is 3.75. The van der Waals surface area contributed by atoms with Crippen LogP contribution in [0, 0.1) is 6.92 Å². The van der Waals surface area contributed by atoms with Crippen LogP contribution in [-0.2, 0) is 6.42 Å². The first-order valence-corrected chi connectivity index (χ1v) is 11.1. The maximum Gasteiger partial charge on any atom is 0.304 e. The summed E-state index contributed by atoms with van der Waals surface area (Å²) in [5.41, 5.74) is 15.4. The number of rotatable bonds is 6. The average molecular weight is 432 g/mol. The number of hydrogen-bond acceptors (Lipinski definition) is 4. The lowest BCUT2D eigenvalue weighted by atomic mass is 10.2. The van der Waals surface area contributed by atoms with E-state index in [1.807, 2.05) is 18.2 Å². The molecule has 1 aliphatic rings. The van der Waals surface area contributed by atoms with E-state index in [9.17, 15) is 0 Å². The van der Waals surface area contributed by atoms with E-state index in [0.29, 0.717) is 6.54 Å². The molecule has 0 bridgehead atoms. The Labute approximate surface area is 187 Å². The van der Waals surface area contributed by atoms with Gasteiger partial charge in [-0.25, -0.2) is 0 Å². The molecule has 0 amide bonds. The van der Waals surface area contributed by atoms with Gasteiger partial charge in [0, 0.05) is 30.6 Å². The summed E-state index contributed by atoms with van der Waals surface area (Å²) < 4.78 is 2.21. The van der Waals surface area contributed by atoms with Crippen molar-refractivity contribution >= 4 is 29.5 Å². The third-order valence-electron chi connectivity index (χ3n) is 5.14. The highest BCUT2D eigenvalue weighted by Gasteiger charge is 2.24. The summed E-state index contributed by atoms with van der Waals surface area (Å²) in [5, 5.41) is 1.16. The number of aliphatic imine (C=N–C) groups is 1. The van der Waals surface area contributed by atoms with Gasteiger partial charge in [-0.2, -0.15) is 4.57 Å². The average Bonchev–Trinajstić information content (AvgIpc) is 3.07. The molecule has 1 aromatic heterocycles. The molecule has 0 aliphatic carbocycles. The Balaban J connectivity index is 1.69. The lowest BCUT2D eigenvalue weighted by Crippen LogP contribution is -2.40. The Kier molecular flexibility index (Phi) is 6.23. The van der Waals surface area contributed by atoms with Crippen LogP contribution in [0.1, 0.15) is 23.6 Å². The topological polar surface area (TPSA) is 84.4 Å². The molecule has 0 spiro atoms. The van der Waals surface area contributed by atoms with E-state index in [2.05, 4.69) is 77.0 Å². The second kappa shape index (κ2) is 9.22. The smallest absolute Gasteiger partial charge is 0.304 e. The van der Waals surface area contributed by atoms with Crippen molar-refractivity contribution in [1.82, 2.24) is 4.98 Å². The molecule has 2 aromatic carbocycles. The Hall–Kier alpha value is -3.32. The summed E-state index contributed by atoms with van der Waals surface area (Å²) in [7, 11) is 2.10.